The summed E-state index contributed by atoms with van der Waals surface area (Å²) in [5.41, 5.74) is 1.10. The number of ether oxygens (including phenoxy) is 2. The van der Waals surface area contributed by atoms with Crippen molar-refractivity contribution in [2.24, 2.45) is 11.8 Å². The van der Waals surface area contributed by atoms with Gasteiger partial charge in [0.2, 0.25) is 11.6 Å². The molecule has 1 aliphatic carbocycles. The van der Waals surface area contributed by atoms with Gasteiger partial charge in [-0.3, -0.25) is 14.4 Å². The summed E-state index contributed by atoms with van der Waals surface area (Å²) in [6.45, 7) is 10.9. The molecule has 11 nitrogen and oxygen atoms in total. The van der Waals surface area contributed by atoms with E-state index >= 15 is 0 Å². The Bertz CT molecular complexity index is 1210. The standard InChI is InChI=1S/C31H43N3O8/c1-8-12-32-27-21-13-17(2)14-25(42-7)28(36)20(5)15-19(4)26(34-31(39)40)24(41-6)11-9-10-18(3)30(38)33-22(29(21)37)16-23(27)35/h8-11,15-17,20,24-26,28,32,34,36H,1,12-14H2,2-7H3,(H,33,38)(H,39,40)/b11-9+,18-10+,19-15+/t17-,20-,24-,25-,26+,28+/m0/s1. The maximum Gasteiger partial charge on any atom is 0.405 e. The van der Waals surface area contributed by atoms with E-state index in [9.17, 15) is 29.4 Å². The number of allylic oxidation sites excluding steroid dienone is 4. The average molecular weight is 586 g/mol. The molecule has 2 rings (SSSR count). The van der Waals surface area contributed by atoms with Crippen LogP contribution in [0.2, 0.25) is 0 Å². The molecule has 42 heavy (non-hydrogen) atoms. The first-order valence-electron chi connectivity index (χ1n) is 13.8. The number of fused-ring (bicyclic) bond motifs is 2. The lowest BCUT2D eigenvalue weighted by Crippen LogP contribution is -2.44. The molecule has 2 aliphatic rings. The smallest absolute Gasteiger partial charge is 0.405 e. The lowest BCUT2D eigenvalue weighted by Gasteiger charge is -2.30. The zero-order valence-electron chi connectivity index (χ0n) is 25.1. The van der Waals surface area contributed by atoms with Gasteiger partial charge in [-0.2, -0.15) is 0 Å². The van der Waals surface area contributed by atoms with Gasteiger partial charge in [0.25, 0.3) is 5.91 Å². The Morgan fingerprint density at radius 3 is 2.48 bits per heavy atom. The highest BCUT2D eigenvalue weighted by molar-refractivity contribution is 6.23. The molecule has 230 valence electrons. The first kappa shape index (κ1) is 34.4. The average Bonchev–Trinajstić information content (AvgIpc) is 2.94. The van der Waals surface area contributed by atoms with Crippen LogP contribution in [0.3, 0.4) is 0 Å². The highest BCUT2D eigenvalue weighted by Gasteiger charge is 2.33. The van der Waals surface area contributed by atoms with Crippen molar-refractivity contribution in [3.05, 3.63) is 71.1 Å². The number of rotatable bonds is 6. The zero-order chi connectivity index (χ0) is 31.6. The number of amides is 2. The minimum absolute atomic E-state index is 0.136. The fourth-order valence-electron chi connectivity index (χ4n) is 5.03. The van der Waals surface area contributed by atoms with Gasteiger partial charge in [-0.1, -0.05) is 49.8 Å². The van der Waals surface area contributed by atoms with Gasteiger partial charge < -0.3 is 35.6 Å². The lowest BCUT2D eigenvalue weighted by atomic mass is 9.85. The number of hydrogen-bond acceptors (Lipinski definition) is 8. The third-order valence-corrected chi connectivity index (χ3v) is 7.32. The molecule has 11 heteroatoms. The molecular formula is C31H43N3O8. The third-order valence-electron chi connectivity index (χ3n) is 7.32. The first-order valence-corrected chi connectivity index (χ1v) is 13.8. The molecule has 0 saturated carbocycles. The van der Waals surface area contributed by atoms with Crippen LogP contribution < -0.4 is 16.0 Å². The molecule has 0 aromatic heterocycles. The Hall–Kier alpha value is -3.80. The summed E-state index contributed by atoms with van der Waals surface area (Å²) in [4.78, 5) is 51.2. The SMILES string of the molecule is C=CCNC1=C2C[C@H](C)C[C@H](OC)[C@H](O)[C@@H](C)/C=C(\C)[C@@H](NC(=O)O)[C@@H](OC)/C=C/C=C(\C)C(=O)NC(=CC1=O)C2=O. The van der Waals surface area contributed by atoms with E-state index < -0.39 is 53.8 Å². The quantitative estimate of drug-likeness (QED) is 0.233. The second-order valence-corrected chi connectivity index (χ2v) is 10.7. The highest BCUT2D eigenvalue weighted by Crippen LogP contribution is 2.28. The molecule has 5 N–H and O–H groups in total. The third kappa shape index (κ3) is 9.10. The molecule has 1 heterocycles. The van der Waals surface area contributed by atoms with Crippen LogP contribution in [-0.2, 0) is 23.9 Å². The number of methoxy groups -OCH3 is 2. The van der Waals surface area contributed by atoms with Crippen LogP contribution in [0.1, 0.15) is 40.5 Å². The molecule has 6 atom stereocenters. The van der Waals surface area contributed by atoms with Crippen LogP contribution in [0.25, 0.3) is 0 Å². The van der Waals surface area contributed by atoms with Gasteiger partial charge in [-0.15, -0.1) is 6.58 Å². The second-order valence-electron chi connectivity index (χ2n) is 10.7. The van der Waals surface area contributed by atoms with E-state index in [1.165, 1.54) is 20.3 Å². The van der Waals surface area contributed by atoms with Gasteiger partial charge in [-0.05, 0) is 32.6 Å². The maximum absolute atomic E-state index is 13.5. The summed E-state index contributed by atoms with van der Waals surface area (Å²) in [7, 11) is 2.91. The zero-order valence-corrected chi connectivity index (χ0v) is 25.1. The van der Waals surface area contributed by atoms with Gasteiger partial charge >= 0.3 is 6.09 Å². The molecule has 2 bridgehead atoms. The van der Waals surface area contributed by atoms with E-state index in [-0.39, 0.29) is 41.4 Å². The Morgan fingerprint density at radius 2 is 1.88 bits per heavy atom. The van der Waals surface area contributed by atoms with Gasteiger partial charge in [0.05, 0.1) is 35.7 Å². The number of aliphatic hydroxyl groups is 1. The van der Waals surface area contributed by atoms with Crippen molar-refractivity contribution in [3.63, 3.8) is 0 Å². The Balaban J connectivity index is 2.62. The molecule has 0 aromatic carbocycles. The van der Waals surface area contributed by atoms with Crippen LogP contribution in [0.4, 0.5) is 4.79 Å². The Morgan fingerprint density at radius 1 is 1.19 bits per heavy atom. The number of ketones is 2. The largest absolute Gasteiger partial charge is 0.465 e. The predicted molar refractivity (Wildman–Crippen MR) is 158 cm³/mol. The highest BCUT2D eigenvalue weighted by atomic mass is 16.5. The molecule has 0 unspecified atom stereocenters. The molecule has 1 aliphatic heterocycles. The van der Waals surface area contributed by atoms with Crippen LogP contribution in [0.15, 0.2) is 71.1 Å². The summed E-state index contributed by atoms with van der Waals surface area (Å²) >= 11 is 0. The minimum atomic E-state index is -1.25. The Labute approximate surface area is 247 Å². The molecule has 0 aromatic rings. The number of hydrogen-bond donors (Lipinski definition) is 5. The van der Waals surface area contributed by atoms with Crippen LogP contribution in [0.5, 0.6) is 0 Å². The summed E-state index contributed by atoms with van der Waals surface area (Å²) in [5.74, 6) is -2.16. The number of aliphatic hydroxyl groups excluding tert-OH is 1. The minimum Gasteiger partial charge on any atom is -0.465 e. The fourth-order valence-corrected chi connectivity index (χ4v) is 5.03. The summed E-state index contributed by atoms with van der Waals surface area (Å²) < 4.78 is 11.2. The van der Waals surface area contributed by atoms with Crippen molar-refractivity contribution in [2.75, 3.05) is 20.8 Å². The van der Waals surface area contributed by atoms with Crippen molar-refractivity contribution in [1.29, 1.82) is 0 Å². The van der Waals surface area contributed by atoms with Crippen molar-refractivity contribution < 1.29 is 38.9 Å². The predicted octanol–water partition coefficient (Wildman–Crippen LogP) is 2.71. The molecule has 2 amide bonds. The second kappa shape index (κ2) is 16.0. The van der Waals surface area contributed by atoms with E-state index in [4.69, 9.17) is 9.47 Å². The normalized spacial score (nSPS) is 31.6. The number of carbonyl (C=O) groups excluding carboxylic acids is 3. The Kier molecular flexibility index (Phi) is 13.1. The van der Waals surface area contributed by atoms with E-state index in [1.54, 1.807) is 45.1 Å². The molecule has 0 spiro atoms. The molecule has 0 saturated heterocycles. The number of Topliss-reactive ketones (excluding diaryl/α,β-unsaturated/α-hetero) is 1. The van der Waals surface area contributed by atoms with Gasteiger partial charge in [0.15, 0.2) is 0 Å². The lowest BCUT2D eigenvalue weighted by molar-refractivity contribution is -0.120. The number of nitrogens with one attached hydrogen (secondary N) is 3. The van der Waals surface area contributed by atoms with Gasteiger partial charge in [0, 0.05) is 43.9 Å². The molecule has 0 radical (unpaired) electrons. The molecule has 0 fully saturated rings. The summed E-state index contributed by atoms with van der Waals surface area (Å²) in [6, 6.07) is -0.788. The summed E-state index contributed by atoms with van der Waals surface area (Å²) in [6.07, 6.45) is 6.02. The monoisotopic (exact) mass is 585 g/mol. The van der Waals surface area contributed by atoms with E-state index in [0.717, 1.165) is 6.08 Å². The fraction of sp³-hybridized carbons (Fsp3) is 0.484. The van der Waals surface area contributed by atoms with E-state index in [1.807, 2.05) is 6.92 Å². The van der Waals surface area contributed by atoms with Crippen molar-refractivity contribution >= 4 is 23.6 Å². The topological polar surface area (TPSA) is 163 Å². The van der Waals surface area contributed by atoms with Gasteiger partial charge in [-0.25, -0.2) is 4.79 Å². The van der Waals surface area contributed by atoms with Crippen LogP contribution >= 0.6 is 0 Å². The van der Waals surface area contributed by atoms with E-state index in [2.05, 4.69) is 22.5 Å². The number of carbonyl (C=O) groups is 4. The molecular weight excluding hydrogens is 542 g/mol. The van der Waals surface area contributed by atoms with Crippen LogP contribution in [0, 0.1) is 11.8 Å². The van der Waals surface area contributed by atoms with Crippen molar-refractivity contribution in [3.8, 4) is 0 Å². The van der Waals surface area contributed by atoms with Crippen molar-refractivity contribution in [2.45, 2.75) is 64.9 Å². The number of carboxylic acid groups (broad SMARTS) is 1. The van der Waals surface area contributed by atoms with Crippen LogP contribution in [-0.4, -0.2) is 78.9 Å². The summed E-state index contributed by atoms with van der Waals surface area (Å²) in [5, 5.41) is 28.7. The van der Waals surface area contributed by atoms with Gasteiger partial charge in [0.1, 0.15) is 0 Å². The van der Waals surface area contributed by atoms with Crippen molar-refractivity contribution in [1.82, 2.24) is 16.0 Å². The van der Waals surface area contributed by atoms with E-state index in [0.29, 0.717) is 12.0 Å². The first-order chi connectivity index (χ1) is 19.8. The maximum atomic E-state index is 13.5.